The smallest absolute Gasteiger partial charge is 0.252 e. The zero-order chi connectivity index (χ0) is 17.4. The van der Waals surface area contributed by atoms with E-state index in [0.717, 1.165) is 6.42 Å². The topological polar surface area (TPSA) is 58.6 Å². The average molecular weight is 361 g/mol. The highest BCUT2D eigenvalue weighted by Gasteiger charge is 2.24. The molecule has 0 aliphatic heterocycles. The number of methoxy groups -OCH3 is 1. The van der Waals surface area contributed by atoms with Gasteiger partial charge >= 0.3 is 0 Å². The van der Waals surface area contributed by atoms with Crippen LogP contribution in [0.1, 0.15) is 26.7 Å². The van der Waals surface area contributed by atoms with Crippen LogP contribution in [0.2, 0.25) is 10.0 Å². The number of ether oxygens (including phenoxy) is 1. The van der Waals surface area contributed by atoms with Crippen molar-refractivity contribution in [1.82, 2.24) is 4.90 Å². The summed E-state index contributed by atoms with van der Waals surface area (Å²) >= 11 is 11.9. The minimum absolute atomic E-state index is 0.0501. The van der Waals surface area contributed by atoms with Gasteiger partial charge in [0.1, 0.15) is 6.10 Å². The van der Waals surface area contributed by atoms with E-state index in [1.165, 1.54) is 12.0 Å². The number of halogens is 2. The predicted molar refractivity (Wildman–Crippen MR) is 93.1 cm³/mol. The number of carbonyl (C=O) groups is 2. The molecule has 7 heteroatoms. The van der Waals surface area contributed by atoms with Crippen LogP contribution in [0.5, 0.6) is 0 Å². The van der Waals surface area contributed by atoms with E-state index in [2.05, 4.69) is 5.32 Å². The average Bonchev–Trinajstić information content (AvgIpc) is 2.50. The molecule has 5 nitrogen and oxygen atoms in total. The van der Waals surface area contributed by atoms with Crippen LogP contribution in [0.4, 0.5) is 5.69 Å². The molecular weight excluding hydrogens is 339 g/mol. The largest absolute Gasteiger partial charge is 0.372 e. The van der Waals surface area contributed by atoms with Gasteiger partial charge in [-0.15, -0.1) is 0 Å². The molecular formula is C16H22Cl2N2O3. The molecule has 0 radical (unpaired) electrons. The summed E-state index contributed by atoms with van der Waals surface area (Å²) in [4.78, 5) is 26.1. The van der Waals surface area contributed by atoms with Gasteiger partial charge < -0.3 is 15.0 Å². The van der Waals surface area contributed by atoms with Gasteiger partial charge in [0.2, 0.25) is 5.91 Å². The maximum absolute atomic E-state index is 12.4. The number of anilines is 1. The van der Waals surface area contributed by atoms with Crippen molar-refractivity contribution in [1.29, 1.82) is 0 Å². The number of hydrogen-bond acceptors (Lipinski definition) is 3. The summed E-state index contributed by atoms with van der Waals surface area (Å²) in [6, 6.07) is 4.81. The molecule has 2 amide bonds. The Morgan fingerprint density at radius 2 is 2.00 bits per heavy atom. The van der Waals surface area contributed by atoms with Crippen molar-refractivity contribution in [3.05, 3.63) is 28.2 Å². The highest BCUT2D eigenvalue weighted by Crippen LogP contribution is 2.25. The van der Waals surface area contributed by atoms with Crippen LogP contribution in [-0.4, -0.2) is 43.0 Å². The fourth-order valence-electron chi connectivity index (χ4n) is 2.14. The molecule has 0 aliphatic carbocycles. The molecule has 0 saturated carbocycles. The molecule has 0 fully saturated rings. The normalized spacial score (nSPS) is 11.9. The zero-order valence-electron chi connectivity index (χ0n) is 13.6. The number of hydrogen-bond donors (Lipinski definition) is 1. The summed E-state index contributed by atoms with van der Waals surface area (Å²) in [5.41, 5.74) is 0.462. The molecule has 0 heterocycles. The molecule has 1 aromatic rings. The van der Waals surface area contributed by atoms with Gasteiger partial charge in [0, 0.05) is 18.7 Å². The van der Waals surface area contributed by atoms with Gasteiger partial charge in [0.05, 0.1) is 17.3 Å². The first-order chi connectivity index (χ1) is 10.9. The summed E-state index contributed by atoms with van der Waals surface area (Å²) in [6.45, 7) is 4.25. The summed E-state index contributed by atoms with van der Waals surface area (Å²) in [5, 5.41) is 3.53. The second-order valence-electron chi connectivity index (χ2n) is 5.06. The number of nitrogens with one attached hydrogen (secondary N) is 1. The quantitative estimate of drug-likeness (QED) is 0.770. The van der Waals surface area contributed by atoms with E-state index in [4.69, 9.17) is 27.9 Å². The van der Waals surface area contributed by atoms with E-state index in [0.29, 0.717) is 28.7 Å². The number of nitrogens with zero attached hydrogens (tertiary/aromatic N) is 1. The predicted octanol–water partition coefficient (Wildman–Crippen LogP) is 3.60. The molecule has 0 saturated heterocycles. The Morgan fingerprint density at radius 3 is 2.52 bits per heavy atom. The Kier molecular flexibility index (Phi) is 8.37. The van der Waals surface area contributed by atoms with Crippen LogP contribution >= 0.6 is 23.2 Å². The molecule has 1 rings (SSSR count). The van der Waals surface area contributed by atoms with Crippen LogP contribution < -0.4 is 5.32 Å². The summed E-state index contributed by atoms with van der Waals surface area (Å²) < 4.78 is 5.16. The minimum atomic E-state index is -0.534. The van der Waals surface area contributed by atoms with E-state index in [1.54, 1.807) is 18.2 Å². The fraction of sp³-hybridized carbons (Fsp3) is 0.500. The van der Waals surface area contributed by atoms with Crippen LogP contribution in [0.15, 0.2) is 18.2 Å². The molecule has 0 aliphatic rings. The van der Waals surface area contributed by atoms with E-state index >= 15 is 0 Å². The van der Waals surface area contributed by atoms with Crippen molar-refractivity contribution in [2.45, 2.75) is 32.8 Å². The van der Waals surface area contributed by atoms with E-state index in [-0.39, 0.29) is 18.4 Å². The van der Waals surface area contributed by atoms with Gasteiger partial charge in [-0.3, -0.25) is 9.59 Å². The van der Waals surface area contributed by atoms with Gasteiger partial charge in [-0.25, -0.2) is 0 Å². The third-order valence-corrected chi connectivity index (χ3v) is 3.82. The lowest BCUT2D eigenvalue weighted by Gasteiger charge is -2.25. The molecule has 128 valence electrons. The molecule has 1 unspecified atom stereocenters. The first kappa shape index (κ1) is 19.7. The Labute approximate surface area is 146 Å². The van der Waals surface area contributed by atoms with Crippen molar-refractivity contribution in [3.8, 4) is 0 Å². The molecule has 0 aromatic heterocycles. The Morgan fingerprint density at radius 1 is 1.30 bits per heavy atom. The molecule has 23 heavy (non-hydrogen) atoms. The summed E-state index contributed by atoms with van der Waals surface area (Å²) in [5.74, 6) is -0.504. The Hall–Kier alpha value is -1.30. The first-order valence-electron chi connectivity index (χ1n) is 7.49. The van der Waals surface area contributed by atoms with Crippen LogP contribution in [0.3, 0.4) is 0 Å². The van der Waals surface area contributed by atoms with Crippen molar-refractivity contribution < 1.29 is 14.3 Å². The van der Waals surface area contributed by atoms with E-state index < -0.39 is 6.10 Å². The summed E-state index contributed by atoms with van der Waals surface area (Å²) in [7, 11) is 1.49. The van der Waals surface area contributed by atoms with Crippen molar-refractivity contribution in [2.24, 2.45) is 0 Å². The van der Waals surface area contributed by atoms with Crippen LogP contribution in [0, 0.1) is 0 Å². The SMILES string of the molecule is CCCN(CC(=O)Nc1ccc(Cl)cc1Cl)C(=O)C(CC)OC. The van der Waals surface area contributed by atoms with E-state index in [1.807, 2.05) is 13.8 Å². The number of benzene rings is 1. The molecule has 1 aromatic carbocycles. The number of amides is 2. The van der Waals surface area contributed by atoms with Crippen molar-refractivity contribution in [2.75, 3.05) is 25.5 Å². The maximum Gasteiger partial charge on any atom is 0.252 e. The van der Waals surface area contributed by atoms with Gasteiger partial charge in [-0.1, -0.05) is 37.0 Å². The third kappa shape index (κ3) is 6.01. The second kappa shape index (κ2) is 9.75. The molecule has 1 atom stereocenters. The second-order valence-corrected chi connectivity index (χ2v) is 5.91. The van der Waals surface area contributed by atoms with Crippen molar-refractivity contribution >= 4 is 40.7 Å². The summed E-state index contributed by atoms with van der Waals surface area (Å²) in [6.07, 6.45) is 0.773. The minimum Gasteiger partial charge on any atom is -0.372 e. The highest BCUT2D eigenvalue weighted by atomic mass is 35.5. The number of carbonyl (C=O) groups excluding carboxylic acids is 2. The lowest BCUT2D eigenvalue weighted by atomic mass is 10.2. The zero-order valence-corrected chi connectivity index (χ0v) is 15.1. The van der Waals surface area contributed by atoms with Crippen molar-refractivity contribution in [3.63, 3.8) is 0 Å². The molecule has 0 spiro atoms. The van der Waals surface area contributed by atoms with E-state index in [9.17, 15) is 9.59 Å². The van der Waals surface area contributed by atoms with Gasteiger partial charge in [-0.05, 0) is 31.0 Å². The van der Waals surface area contributed by atoms with Gasteiger partial charge in [0.15, 0.2) is 0 Å². The van der Waals surface area contributed by atoms with Gasteiger partial charge in [0.25, 0.3) is 5.91 Å². The lowest BCUT2D eigenvalue weighted by Crippen LogP contribution is -2.44. The third-order valence-electron chi connectivity index (χ3n) is 3.28. The Balaban J connectivity index is 2.75. The first-order valence-corrected chi connectivity index (χ1v) is 8.24. The fourth-order valence-corrected chi connectivity index (χ4v) is 2.59. The molecule has 0 bridgehead atoms. The monoisotopic (exact) mass is 360 g/mol. The van der Waals surface area contributed by atoms with Gasteiger partial charge in [-0.2, -0.15) is 0 Å². The standard InChI is InChI=1S/C16H22Cl2N2O3/c1-4-8-20(16(22)14(5-2)23-3)10-15(21)19-13-7-6-11(17)9-12(13)18/h6-7,9,14H,4-5,8,10H2,1-3H3,(H,19,21). The lowest BCUT2D eigenvalue weighted by molar-refractivity contribution is -0.144. The molecule has 1 N–H and O–H groups in total. The van der Waals surface area contributed by atoms with Crippen LogP contribution in [-0.2, 0) is 14.3 Å². The van der Waals surface area contributed by atoms with Crippen LogP contribution in [0.25, 0.3) is 0 Å². The maximum atomic E-state index is 12.4. The number of rotatable bonds is 8. The Bertz CT molecular complexity index is 548. The highest BCUT2D eigenvalue weighted by molar-refractivity contribution is 6.36.